The predicted molar refractivity (Wildman–Crippen MR) is 151 cm³/mol. The predicted octanol–water partition coefficient (Wildman–Crippen LogP) is 2.71. The molecule has 0 aliphatic carbocycles. The monoisotopic (exact) mass is 552 g/mol. The van der Waals surface area contributed by atoms with E-state index in [1.165, 1.54) is 0 Å². The third-order valence-electron chi connectivity index (χ3n) is 8.04. The van der Waals surface area contributed by atoms with Crippen molar-refractivity contribution < 1.29 is 28.9 Å². The Bertz CT molecular complexity index is 1220. The third-order valence-corrected chi connectivity index (χ3v) is 8.04. The molecule has 0 bridgehead atoms. The summed E-state index contributed by atoms with van der Waals surface area (Å²) in [7, 11) is 2.03. The lowest BCUT2D eigenvalue weighted by Crippen LogP contribution is -2.49. The lowest BCUT2D eigenvalue weighted by atomic mass is 9.96. The molecule has 1 fully saturated rings. The number of carbonyl (C=O) groups is 2. The number of likely N-dealkylation sites (N-methyl/N-ethyl adjacent to an activating group) is 1. The molecule has 3 aliphatic rings. The van der Waals surface area contributed by atoms with Gasteiger partial charge in [-0.3, -0.25) is 14.5 Å². The number of fused-ring (bicyclic) bond motifs is 2. The van der Waals surface area contributed by atoms with Gasteiger partial charge in [-0.25, -0.2) is 0 Å². The zero-order valence-electron chi connectivity index (χ0n) is 23.5. The molecule has 3 aliphatic heterocycles. The van der Waals surface area contributed by atoms with Gasteiger partial charge in [0.15, 0.2) is 17.2 Å². The minimum Gasteiger partial charge on any atom is -0.486 e. The Morgan fingerprint density at radius 3 is 2.75 bits per heavy atom. The number of anilines is 1. The van der Waals surface area contributed by atoms with E-state index >= 15 is 0 Å². The summed E-state index contributed by atoms with van der Waals surface area (Å²) in [5, 5.41) is 16.3. The standard InChI is InChI=1S/C30H40N4O6/c1-19-14-34(20(2)17-35)30(37)23-5-4-6-24(32-29(36)22-9-11-31-12-10-22)28(23)40-27(19)16-33(3)15-21-7-8-25-26(13-21)39-18-38-25/h4-8,13,19-20,22,27,31,35H,9-12,14-18H2,1-3H3,(H,32,36)/t19-,20-,27+/m0/s1. The minimum atomic E-state index is -0.360. The van der Waals surface area contributed by atoms with Crippen molar-refractivity contribution in [2.24, 2.45) is 11.8 Å². The smallest absolute Gasteiger partial charge is 0.258 e. The summed E-state index contributed by atoms with van der Waals surface area (Å²) in [5.74, 6) is 1.48. The summed E-state index contributed by atoms with van der Waals surface area (Å²) in [6.45, 7) is 7.30. The molecule has 10 nitrogen and oxygen atoms in total. The fourth-order valence-corrected chi connectivity index (χ4v) is 5.60. The topological polar surface area (TPSA) is 113 Å². The van der Waals surface area contributed by atoms with E-state index in [1.807, 2.05) is 32.2 Å². The van der Waals surface area contributed by atoms with Gasteiger partial charge in [0.05, 0.1) is 23.9 Å². The number of rotatable bonds is 8. The van der Waals surface area contributed by atoms with Gasteiger partial charge < -0.3 is 34.9 Å². The van der Waals surface area contributed by atoms with Crippen LogP contribution in [0.25, 0.3) is 0 Å². The second-order valence-corrected chi connectivity index (χ2v) is 11.2. The van der Waals surface area contributed by atoms with Gasteiger partial charge in [-0.2, -0.15) is 0 Å². The van der Waals surface area contributed by atoms with Crippen LogP contribution in [0.15, 0.2) is 36.4 Å². The molecule has 5 rings (SSSR count). The maximum Gasteiger partial charge on any atom is 0.258 e. The van der Waals surface area contributed by atoms with Crippen LogP contribution in [-0.2, 0) is 11.3 Å². The summed E-state index contributed by atoms with van der Waals surface area (Å²) >= 11 is 0. The first-order valence-electron chi connectivity index (χ1n) is 14.1. The summed E-state index contributed by atoms with van der Waals surface area (Å²) < 4.78 is 17.6. The summed E-state index contributed by atoms with van der Waals surface area (Å²) in [6, 6.07) is 10.9. The van der Waals surface area contributed by atoms with Crippen LogP contribution in [0.3, 0.4) is 0 Å². The highest BCUT2D eigenvalue weighted by Crippen LogP contribution is 2.36. The van der Waals surface area contributed by atoms with E-state index in [0.29, 0.717) is 36.6 Å². The first-order chi connectivity index (χ1) is 19.3. The van der Waals surface area contributed by atoms with Crippen LogP contribution in [-0.4, -0.2) is 85.5 Å². The van der Waals surface area contributed by atoms with Crippen molar-refractivity contribution in [3.05, 3.63) is 47.5 Å². The minimum absolute atomic E-state index is 0.0431. The summed E-state index contributed by atoms with van der Waals surface area (Å²) in [4.78, 5) is 30.8. The van der Waals surface area contributed by atoms with Crippen molar-refractivity contribution in [3.8, 4) is 17.2 Å². The SMILES string of the molecule is C[C@H]1CN([C@@H](C)CO)C(=O)c2cccc(NC(=O)C3CCNCC3)c2O[C@@H]1CN(C)Cc1ccc2c(c1)OCO2. The van der Waals surface area contributed by atoms with Crippen LogP contribution in [0.4, 0.5) is 5.69 Å². The Morgan fingerprint density at radius 1 is 1.20 bits per heavy atom. The summed E-state index contributed by atoms with van der Waals surface area (Å²) in [6.07, 6.45) is 1.26. The van der Waals surface area contributed by atoms with Gasteiger partial charge in [0, 0.05) is 31.5 Å². The molecule has 0 radical (unpaired) electrons. The van der Waals surface area contributed by atoms with Crippen LogP contribution in [0.5, 0.6) is 17.2 Å². The molecule has 0 aromatic heterocycles. The number of piperidine rings is 1. The van der Waals surface area contributed by atoms with E-state index in [0.717, 1.165) is 43.0 Å². The van der Waals surface area contributed by atoms with Gasteiger partial charge in [-0.15, -0.1) is 0 Å². The Hall–Kier alpha value is -3.34. The molecular weight excluding hydrogens is 512 g/mol. The maximum atomic E-state index is 13.7. The number of nitrogens with zero attached hydrogens (tertiary/aromatic N) is 2. The lowest BCUT2D eigenvalue weighted by Gasteiger charge is -2.38. The number of amides is 2. The fraction of sp³-hybridized carbons (Fsp3) is 0.533. The Morgan fingerprint density at radius 2 is 1.98 bits per heavy atom. The normalized spacial score (nSPS) is 21.8. The van der Waals surface area contributed by atoms with E-state index < -0.39 is 0 Å². The molecule has 1 saturated heterocycles. The molecule has 2 aromatic carbocycles. The number of hydrogen-bond acceptors (Lipinski definition) is 8. The van der Waals surface area contributed by atoms with Crippen molar-refractivity contribution in [1.29, 1.82) is 0 Å². The number of carbonyl (C=O) groups excluding carboxylic acids is 2. The number of para-hydroxylation sites is 1. The van der Waals surface area contributed by atoms with E-state index in [-0.39, 0.29) is 49.2 Å². The highest BCUT2D eigenvalue weighted by molar-refractivity contribution is 6.02. The average molecular weight is 553 g/mol. The van der Waals surface area contributed by atoms with Crippen molar-refractivity contribution in [3.63, 3.8) is 0 Å². The van der Waals surface area contributed by atoms with Crippen molar-refractivity contribution in [1.82, 2.24) is 15.1 Å². The van der Waals surface area contributed by atoms with Gasteiger partial charge in [-0.1, -0.05) is 19.1 Å². The second kappa shape index (κ2) is 12.4. The highest BCUT2D eigenvalue weighted by Gasteiger charge is 2.35. The maximum absolute atomic E-state index is 13.7. The van der Waals surface area contributed by atoms with Gasteiger partial charge in [0.1, 0.15) is 6.10 Å². The molecule has 0 saturated carbocycles. The number of aliphatic hydroxyl groups is 1. The fourth-order valence-electron chi connectivity index (χ4n) is 5.60. The van der Waals surface area contributed by atoms with Crippen molar-refractivity contribution in [2.75, 3.05) is 51.9 Å². The van der Waals surface area contributed by atoms with Crippen LogP contribution in [0.1, 0.15) is 42.6 Å². The molecule has 2 aromatic rings. The van der Waals surface area contributed by atoms with Crippen LogP contribution < -0.4 is 24.8 Å². The zero-order valence-corrected chi connectivity index (χ0v) is 23.5. The quantitative estimate of drug-likeness (QED) is 0.458. The van der Waals surface area contributed by atoms with E-state index in [2.05, 4.69) is 22.5 Å². The molecule has 3 N–H and O–H groups in total. The van der Waals surface area contributed by atoms with E-state index in [1.54, 1.807) is 23.1 Å². The van der Waals surface area contributed by atoms with Crippen LogP contribution in [0, 0.1) is 11.8 Å². The van der Waals surface area contributed by atoms with Crippen molar-refractivity contribution in [2.45, 2.75) is 45.4 Å². The Kier molecular flexibility index (Phi) is 8.78. The highest BCUT2D eigenvalue weighted by atomic mass is 16.7. The molecular formula is C30H40N4O6. The molecule has 2 amide bonds. The first-order valence-corrected chi connectivity index (χ1v) is 14.1. The van der Waals surface area contributed by atoms with Crippen LogP contribution in [0.2, 0.25) is 0 Å². The van der Waals surface area contributed by atoms with E-state index in [4.69, 9.17) is 14.2 Å². The molecule has 40 heavy (non-hydrogen) atoms. The average Bonchev–Trinajstić information content (AvgIpc) is 3.43. The van der Waals surface area contributed by atoms with Crippen LogP contribution >= 0.6 is 0 Å². The second-order valence-electron chi connectivity index (χ2n) is 11.2. The first kappa shape index (κ1) is 28.2. The van der Waals surface area contributed by atoms with Gasteiger partial charge in [0.2, 0.25) is 12.7 Å². The Balaban J connectivity index is 1.40. The van der Waals surface area contributed by atoms with Gasteiger partial charge in [0.25, 0.3) is 5.91 Å². The zero-order chi connectivity index (χ0) is 28.2. The number of hydrogen-bond donors (Lipinski definition) is 3. The molecule has 0 spiro atoms. The van der Waals surface area contributed by atoms with Gasteiger partial charge >= 0.3 is 0 Å². The molecule has 216 valence electrons. The number of benzene rings is 2. The number of aliphatic hydroxyl groups excluding tert-OH is 1. The molecule has 3 heterocycles. The molecule has 0 unspecified atom stereocenters. The third kappa shape index (κ3) is 6.19. The molecule has 3 atom stereocenters. The van der Waals surface area contributed by atoms with E-state index in [9.17, 15) is 14.7 Å². The van der Waals surface area contributed by atoms with Crippen molar-refractivity contribution >= 4 is 17.5 Å². The molecule has 10 heteroatoms. The lowest BCUT2D eigenvalue weighted by molar-refractivity contribution is -0.120. The van der Waals surface area contributed by atoms with Gasteiger partial charge in [-0.05, 0) is 69.7 Å². The largest absolute Gasteiger partial charge is 0.486 e. The number of ether oxygens (including phenoxy) is 3. The summed E-state index contributed by atoms with van der Waals surface area (Å²) in [5.41, 5.74) is 1.98. The Labute approximate surface area is 235 Å². The number of nitrogens with one attached hydrogen (secondary N) is 2.